The molecule has 1 spiro atoms. The standard InChI is InChI=1S/C16H27NO2/c17-15(6-1-2-7-15)12-14(18)13-5-10-19-16(11-13)8-3-4-9-16/h13H,1-12,17H2. The van der Waals surface area contributed by atoms with Gasteiger partial charge in [-0.1, -0.05) is 25.7 Å². The maximum Gasteiger partial charge on any atom is 0.138 e. The summed E-state index contributed by atoms with van der Waals surface area (Å²) in [4.78, 5) is 12.6. The molecule has 3 fully saturated rings. The number of Topliss-reactive ketones (excluding diaryl/α,β-unsaturated/α-hetero) is 1. The molecule has 2 saturated carbocycles. The predicted octanol–water partition coefficient (Wildman–Crippen LogP) is 2.96. The molecule has 3 heteroatoms. The minimum absolute atomic E-state index is 0.0516. The molecule has 0 aromatic heterocycles. The molecule has 0 radical (unpaired) electrons. The van der Waals surface area contributed by atoms with E-state index in [-0.39, 0.29) is 17.1 Å². The van der Waals surface area contributed by atoms with Crippen molar-refractivity contribution in [2.75, 3.05) is 6.61 Å². The Balaban J connectivity index is 1.60. The molecule has 1 saturated heterocycles. The van der Waals surface area contributed by atoms with E-state index < -0.39 is 0 Å². The van der Waals surface area contributed by atoms with Gasteiger partial charge in [-0.05, 0) is 38.5 Å². The number of ether oxygens (including phenoxy) is 1. The van der Waals surface area contributed by atoms with Gasteiger partial charge in [-0.15, -0.1) is 0 Å². The molecule has 19 heavy (non-hydrogen) atoms. The van der Waals surface area contributed by atoms with Gasteiger partial charge in [0.25, 0.3) is 0 Å². The van der Waals surface area contributed by atoms with Gasteiger partial charge in [0.1, 0.15) is 5.78 Å². The average Bonchev–Trinajstić information content (AvgIpc) is 3.00. The van der Waals surface area contributed by atoms with Crippen LogP contribution >= 0.6 is 0 Å². The smallest absolute Gasteiger partial charge is 0.138 e. The summed E-state index contributed by atoms with van der Waals surface area (Å²) in [6, 6.07) is 0. The normalized spacial score (nSPS) is 32.8. The van der Waals surface area contributed by atoms with E-state index in [0.29, 0.717) is 12.2 Å². The Morgan fingerprint density at radius 1 is 1.11 bits per heavy atom. The lowest BCUT2D eigenvalue weighted by atomic mass is 9.78. The van der Waals surface area contributed by atoms with Crippen molar-refractivity contribution in [3.05, 3.63) is 0 Å². The summed E-state index contributed by atoms with van der Waals surface area (Å²) < 4.78 is 6.02. The van der Waals surface area contributed by atoms with Crippen LogP contribution < -0.4 is 5.73 Å². The van der Waals surface area contributed by atoms with Gasteiger partial charge >= 0.3 is 0 Å². The second-order valence-electron chi connectivity index (χ2n) is 7.14. The van der Waals surface area contributed by atoms with Crippen molar-refractivity contribution in [2.45, 2.75) is 81.8 Å². The molecule has 2 N–H and O–H groups in total. The van der Waals surface area contributed by atoms with Gasteiger partial charge in [-0.2, -0.15) is 0 Å². The molecule has 1 atom stereocenters. The van der Waals surface area contributed by atoms with Crippen LogP contribution in [0.25, 0.3) is 0 Å². The third-order valence-corrected chi connectivity index (χ3v) is 5.59. The van der Waals surface area contributed by atoms with Crippen LogP contribution in [0.5, 0.6) is 0 Å². The topological polar surface area (TPSA) is 52.3 Å². The molecule has 3 rings (SSSR count). The Kier molecular flexibility index (Phi) is 3.69. The average molecular weight is 265 g/mol. The second-order valence-corrected chi connectivity index (χ2v) is 7.14. The monoisotopic (exact) mass is 265 g/mol. The highest BCUT2D eigenvalue weighted by atomic mass is 16.5. The first-order valence-electron chi connectivity index (χ1n) is 8.07. The summed E-state index contributed by atoms with van der Waals surface area (Å²) in [7, 11) is 0. The number of carbonyl (C=O) groups is 1. The van der Waals surface area contributed by atoms with Gasteiger partial charge in [0, 0.05) is 24.5 Å². The van der Waals surface area contributed by atoms with Crippen LogP contribution in [-0.4, -0.2) is 23.5 Å². The Bertz CT molecular complexity index is 341. The maximum atomic E-state index is 12.6. The van der Waals surface area contributed by atoms with E-state index in [0.717, 1.165) is 45.1 Å². The zero-order valence-electron chi connectivity index (χ0n) is 12.0. The molecular formula is C16H27NO2. The molecule has 0 aromatic carbocycles. The van der Waals surface area contributed by atoms with E-state index in [9.17, 15) is 4.79 Å². The van der Waals surface area contributed by atoms with Crippen molar-refractivity contribution in [1.29, 1.82) is 0 Å². The van der Waals surface area contributed by atoms with E-state index in [1.54, 1.807) is 0 Å². The summed E-state index contributed by atoms with van der Waals surface area (Å²) in [6.07, 6.45) is 11.8. The fourth-order valence-electron chi connectivity index (χ4n) is 4.42. The molecule has 1 unspecified atom stereocenters. The van der Waals surface area contributed by atoms with E-state index >= 15 is 0 Å². The molecule has 3 nitrogen and oxygen atoms in total. The van der Waals surface area contributed by atoms with Crippen LogP contribution in [0.15, 0.2) is 0 Å². The van der Waals surface area contributed by atoms with Crippen LogP contribution in [-0.2, 0) is 9.53 Å². The van der Waals surface area contributed by atoms with Crippen molar-refractivity contribution >= 4 is 5.78 Å². The van der Waals surface area contributed by atoms with Crippen LogP contribution in [0, 0.1) is 5.92 Å². The summed E-state index contributed by atoms with van der Waals surface area (Å²) in [6.45, 7) is 0.772. The van der Waals surface area contributed by atoms with Crippen LogP contribution in [0.4, 0.5) is 0 Å². The first kappa shape index (κ1) is 13.6. The fraction of sp³-hybridized carbons (Fsp3) is 0.938. The van der Waals surface area contributed by atoms with Crippen molar-refractivity contribution < 1.29 is 9.53 Å². The van der Waals surface area contributed by atoms with Gasteiger partial charge < -0.3 is 10.5 Å². The predicted molar refractivity (Wildman–Crippen MR) is 74.9 cm³/mol. The molecular weight excluding hydrogens is 238 g/mol. The zero-order chi connectivity index (χ0) is 13.3. The number of carbonyl (C=O) groups excluding carboxylic acids is 1. The Hall–Kier alpha value is -0.410. The first-order chi connectivity index (χ1) is 9.11. The highest BCUT2D eigenvalue weighted by molar-refractivity contribution is 5.82. The number of hydrogen-bond donors (Lipinski definition) is 1. The molecule has 0 aromatic rings. The van der Waals surface area contributed by atoms with E-state index in [4.69, 9.17) is 10.5 Å². The van der Waals surface area contributed by atoms with Gasteiger partial charge in [0.05, 0.1) is 5.60 Å². The minimum atomic E-state index is -0.182. The highest BCUT2D eigenvalue weighted by Gasteiger charge is 2.43. The fourth-order valence-corrected chi connectivity index (χ4v) is 4.42. The molecule has 0 amide bonds. The molecule has 2 aliphatic carbocycles. The van der Waals surface area contributed by atoms with Gasteiger partial charge in [0.2, 0.25) is 0 Å². The van der Waals surface area contributed by atoms with Crippen molar-refractivity contribution in [3.63, 3.8) is 0 Å². The largest absolute Gasteiger partial charge is 0.375 e. The summed E-state index contributed by atoms with van der Waals surface area (Å²) in [5, 5.41) is 0. The van der Waals surface area contributed by atoms with Crippen LogP contribution in [0.2, 0.25) is 0 Å². The van der Waals surface area contributed by atoms with Crippen molar-refractivity contribution in [3.8, 4) is 0 Å². The van der Waals surface area contributed by atoms with E-state index in [1.165, 1.54) is 25.7 Å². The Morgan fingerprint density at radius 2 is 1.74 bits per heavy atom. The van der Waals surface area contributed by atoms with Gasteiger partial charge in [-0.25, -0.2) is 0 Å². The zero-order valence-corrected chi connectivity index (χ0v) is 12.0. The molecule has 0 bridgehead atoms. The number of hydrogen-bond acceptors (Lipinski definition) is 3. The third kappa shape index (κ3) is 2.87. The number of rotatable bonds is 3. The quantitative estimate of drug-likeness (QED) is 0.853. The summed E-state index contributed by atoms with van der Waals surface area (Å²) in [5.74, 6) is 0.631. The lowest BCUT2D eigenvalue weighted by molar-refractivity contribution is -0.137. The van der Waals surface area contributed by atoms with Crippen LogP contribution in [0.1, 0.15) is 70.6 Å². The van der Waals surface area contributed by atoms with Crippen molar-refractivity contribution in [1.82, 2.24) is 0 Å². The Labute approximate surface area is 116 Å². The van der Waals surface area contributed by atoms with Gasteiger partial charge in [-0.3, -0.25) is 4.79 Å². The minimum Gasteiger partial charge on any atom is -0.375 e. The molecule has 108 valence electrons. The first-order valence-corrected chi connectivity index (χ1v) is 8.07. The van der Waals surface area contributed by atoms with Crippen LogP contribution in [0.3, 0.4) is 0 Å². The molecule has 1 aliphatic heterocycles. The highest BCUT2D eigenvalue weighted by Crippen LogP contribution is 2.43. The van der Waals surface area contributed by atoms with E-state index in [2.05, 4.69) is 0 Å². The lowest BCUT2D eigenvalue weighted by Gasteiger charge is -2.38. The van der Waals surface area contributed by atoms with Crippen molar-refractivity contribution in [2.24, 2.45) is 11.7 Å². The third-order valence-electron chi connectivity index (χ3n) is 5.59. The molecule has 1 heterocycles. The lowest BCUT2D eigenvalue weighted by Crippen LogP contribution is -2.44. The van der Waals surface area contributed by atoms with E-state index in [1.807, 2.05) is 0 Å². The Morgan fingerprint density at radius 3 is 2.42 bits per heavy atom. The SMILES string of the molecule is NC1(CC(=O)C2CCOC3(CCCC3)C2)CCCC1. The summed E-state index contributed by atoms with van der Waals surface area (Å²) >= 11 is 0. The number of nitrogens with two attached hydrogens (primary N) is 1. The molecule has 3 aliphatic rings. The summed E-state index contributed by atoms with van der Waals surface area (Å²) in [5.41, 5.74) is 6.23. The number of ketones is 1. The maximum absolute atomic E-state index is 12.6. The second kappa shape index (κ2) is 5.17. The van der Waals surface area contributed by atoms with Gasteiger partial charge in [0.15, 0.2) is 0 Å².